The maximum absolute atomic E-state index is 12.8. The SMILES string of the molecule is O=C(Cn1nc(C(=O)N2CCCC2)c2ccccc21)NCCc1ccccc1. The Bertz CT molecular complexity index is 975. The summed E-state index contributed by atoms with van der Waals surface area (Å²) in [6, 6.07) is 17.7. The second-order valence-electron chi connectivity index (χ2n) is 7.11. The van der Waals surface area contributed by atoms with Gasteiger partial charge in [0.05, 0.1) is 5.52 Å². The smallest absolute Gasteiger partial charge is 0.275 e. The van der Waals surface area contributed by atoms with Crippen LogP contribution < -0.4 is 5.32 Å². The van der Waals surface area contributed by atoms with Gasteiger partial charge in [0, 0.05) is 25.0 Å². The van der Waals surface area contributed by atoms with E-state index in [2.05, 4.69) is 10.4 Å². The number of aromatic nitrogens is 2. The highest BCUT2D eigenvalue weighted by atomic mass is 16.2. The molecule has 3 aromatic rings. The fourth-order valence-corrected chi connectivity index (χ4v) is 3.66. The molecule has 0 unspecified atom stereocenters. The minimum absolute atomic E-state index is 0.0445. The standard InChI is InChI=1S/C22H24N4O2/c27-20(23-13-12-17-8-2-1-3-9-17)16-26-19-11-5-4-10-18(19)21(24-26)22(28)25-14-6-7-15-25/h1-5,8-11H,6-7,12-16H2,(H,23,27). The summed E-state index contributed by atoms with van der Waals surface area (Å²) in [5, 5.41) is 8.25. The van der Waals surface area contributed by atoms with Crippen molar-refractivity contribution in [1.82, 2.24) is 20.0 Å². The van der Waals surface area contributed by atoms with Crippen LogP contribution in [0.2, 0.25) is 0 Å². The summed E-state index contributed by atoms with van der Waals surface area (Å²) in [4.78, 5) is 27.1. The lowest BCUT2D eigenvalue weighted by Crippen LogP contribution is -2.30. The lowest BCUT2D eigenvalue weighted by atomic mass is 10.1. The van der Waals surface area contributed by atoms with Crippen molar-refractivity contribution in [3.05, 3.63) is 65.9 Å². The second-order valence-corrected chi connectivity index (χ2v) is 7.11. The molecule has 1 aliphatic heterocycles. The van der Waals surface area contributed by atoms with Crippen LogP contribution in [0, 0.1) is 0 Å². The molecule has 2 aromatic carbocycles. The Hall–Kier alpha value is -3.15. The van der Waals surface area contributed by atoms with E-state index in [0.717, 1.165) is 43.3 Å². The van der Waals surface area contributed by atoms with Crippen molar-refractivity contribution in [2.75, 3.05) is 19.6 Å². The number of para-hydroxylation sites is 1. The molecule has 144 valence electrons. The number of nitrogens with zero attached hydrogens (tertiary/aromatic N) is 3. The Morgan fingerprint density at radius 2 is 1.68 bits per heavy atom. The molecule has 0 radical (unpaired) electrons. The number of benzene rings is 2. The molecule has 1 N–H and O–H groups in total. The van der Waals surface area contributed by atoms with Crippen molar-refractivity contribution in [2.24, 2.45) is 0 Å². The molecule has 1 fully saturated rings. The number of fused-ring (bicyclic) bond motifs is 1. The number of rotatable bonds is 6. The van der Waals surface area contributed by atoms with Gasteiger partial charge in [-0.15, -0.1) is 0 Å². The molecule has 0 atom stereocenters. The van der Waals surface area contributed by atoms with Gasteiger partial charge in [0.15, 0.2) is 5.69 Å². The molecule has 2 amide bonds. The molecule has 0 saturated carbocycles. The largest absolute Gasteiger partial charge is 0.354 e. The molecule has 0 spiro atoms. The summed E-state index contributed by atoms with van der Waals surface area (Å²) in [6.45, 7) is 2.23. The van der Waals surface area contributed by atoms with Crippen LogP contribution in [-0.4, -0.2) is 46.1 Å². The highest BCUT2D eigenvalue weighted by Gasteiger charge is 2.25. The first kappa shape index (κ1) is 18.2. The Kier molecular flexibility index (Phi) is 5.37. The number of hydrogen-bond acceptors (Lipinski definition) is 3. The van der Waals surface area contributed by atoms with Gasteiger partial charge in [0.2, 0.25) is 5.91 Å². The van der Waals surface area contributed by atoms with E-state index in [1.807, 2.05) is 59.5 Å². The summed E-state index contributed by atoms with van der Waals surface area (Å²) in [6.07, 6.45) is 2.85. The van der Waals surface area contributed by atoms with Gasteiger partial charge in [-0.05, 0) is 30.9 Å². The predicted molar refractivity (Wildman–Crippen MR) is 108 cm³/mol. The van der Waals surface area contributed by atoms with E-state index in [1.54, 1.807) is 4.68 Å². The average molecular weight is 376 g/mol. The quantitative estimate of drug-likeness (QED) is 0.719. The topological polar surface area (TPSA) is 67.2 Å². The van der Waals surface area contributed by atoms with Gasteiger partial charge in [-0.25, -0.2) is 0 Å². The minimum atomic E-state index is -0.107. The van der Waals surface area contributed by atoms with Gasteiger partial charge >= 0.3 is 0 Å². The van der Waals surface area contributed by atoms with E-state index in [0.29, 0.717) is 12.2 Å². The molecule has 1 saturated heterocycles. The third-order valence-corrected chi connectivity index (χ3v) is 5.13. The van der Waals surface area contributed by atoms with Gasteiger partial charge in [-0.1, -0.05) is 48.5 Å². The van der Waals surface area contributed by atoms with E-state index >= 15 is 0 Å². The maximum atomic E-state index is 12.8. The summed E-state index contributed by atoms with van der Waals surface area (Å²) in [7, 11) is 0. The van der Waals surface area contributed by atoms with E-state index in [4.69, 9.17) is 0 Å². The van der Waals surface area contributed by atoms with Gasteiger partial charge in [-0.2, -0.15) is 5.10 Å². The van der Waals surface area contributed by atoms with Crippen molar-refractivity contribution in [2.45, 2.75) is 25.8 Å². The van der Waals surface area contributed by atoms with Gasteiger partial charge in [0.25, 0.3) is 5.91 Å². The summed E-state index contributed by atoms with van der Waals surface area (Å²) < 4.78 is 1.64. The van der Waals surface area contributed by atoms with Crippen LogP contribution in [0.3, 0.4) is 0 Å². The molecule has 28 heavy (non-hydrogen) atoms. The van der Waals surface area contributed by atoms with E-state index < -0.39 is 0 Å². The third-order valence-electron chi connectivity index (χ3n) is 5.13. The van der Waals surface area contributed by atoms with Crippen LogP contribution in [-0.2, 0) is 17.8 Å². The summed E-state index contributed by atoms with van der Waals surface area (Å²) >= 11 is 0. The summed E-state index contributed by atoms with van der Waals surface area (Å²) in [5.74, 6) is -0.152. The zero-order valence-corrected chi connectivity index (χ0v) is 15.8. The summed E-state index contributed by atoms with van der Waals surface area (Å²) in [5.41, 5.74) is 2.43. The number of hydrogen-bond donors (Lipinski definition) is 1. The molecular weight excluding hydrogens is 352 g/mol. The lowest BCUT2D eigenvalue weighted by Gasteiger charge is -2.13. The van der Waals surface area contributed by atoms with Crippen molar-refractivity contribution in [3.63, 3.8) is 0 Å². The van der Waals surface area contributed by atoms with Crippen molar-refractivity contribution in [3.8, 4) is 0 Å². The fraction of sp³-hybridized carbons (Fsp3) is 0.318. The van der Waals surface area contributed by atoms with Crippen LogP contribution in [0.4, 0.5) is 0 Å². The Balaban J connectivity index is 1.46. The maximum Gasteiger partial charge on any atom is 0.275 e. The van der Waals surface area contributed by atoms with Gasteiger partial charge in [0.1, 0.15) is 6.54 Å². The normalized spacial score (nSPS) is 13.8. The fourth-order valence-electron chi connectivity index (χ4n) is 3.66. The molecule has 0 bridgehead atoms. The Morgan fingerprint density at radius 1 is 0.964 bits per heavy atom. The zero-order valence-electron chi connectivity index (χ0n) is 15.8. The molecule has 1 aliphatic rings. The molecule has 6 heteroatoms. The number of carbonyl (C=O) groups is 2. The van der Waals surface area contributed by atoms with Crippen LogP contribution in [0.25, 0.3) is 10.9 Å². The molecule has 4 rings (SSSR count). The van der Waals surface area contributed by atoms with Gasteiger partial charge < -0.3 is 10.2 Å². The highest BCUT2D eigenvalue weighted by Crippen LogP contribution is 2.21. The molecule has 0 aliphatic carbocycles. The average Bonchev–Trinajstić information content (AvgIpc) is 3.37. The number of carbonyl (C=O) groups excluding carboxylic acids is 2. The molecule has 2 heterocycles. The van der Waals surface area contributed by atoms with E-state index in [1.165, 1.54) is 5.56 Å². The zero-order chi connectivity index (χ0) is 19.3. The van der Waals surface area contributed by atoms with Crippen molar-refractivity contribution < 1.29 is 9.59 Å². The molecule has 6 nitrogen and oxygen atoms in total. The van der Waals surface area contributed by atoms with Crippen LogP contribution >= 0.6 is 0 Å². The Morgan fingerprint density at radius 3 is 2.46 bits per heavy atom. The van der Waals surface area contributed by atoms with E-state index in [-0.39, 0.29) is 18.4 Å². The molecule has 1 aromatic heterocycles. The molecular formula is C22H24N4O2. The second kappa shape index (κ2) is 8.25. The predicted octanol–water partition coefficient (Wildman–Crippen LogP) is 2.63. The monoisotopic (exact) mass is 376 g/mol. The Labute approximate surface area is 164 Å². The number of amides is 2. The van der Waals surface area contributed by atoms with Crippen LogP contribution in [0.5, 0.6) is 0 Å². The number of likely N-dealkylation sites (tertiary alicyclic amines) is 1. The first-order valence-corrected chi connectivity index (χ1v) is 9.78. The minimum Gasteiger partial charge on any atom is -0.354 e. The first-order valence-electron chi connectivity index (χ1n) is 9.78. The lowest BCUT2D eigenvalue weighted by molar-refractivity contribution is -0.121. The van der Waals surface area contributed by atoms with Gasteiger partial charge in [-0.3, -0.25) is 14.3 Å². The first-order chi connectivity index (χ1) is 13.7. The third kappa shape index (κ3) is 3.91. The van der Waals surface area contributed by atoms with Crippen LogP contribution in [0.1, 0.15) is 28.9 Å². The highest BCUT2D eigenvalue weighted by molar-refractivity contribution is 6.05. The van der Waals surface area contributed by atoms with Crippen LogP contribution in [0.15, 0.2) is 54.6 Å². The number of nitrogens with one attached hydrogen (secondary N) is 1. The van der Waals surface area contributed by atoms with Crippen molar-refractivity contribution >= 4 is 22.7 Å². The van der Waals surface area contributed by atoms with Crippen molar-refractivity contribution in [1.29, 1.82) is 0 Å². The van der Waals surface area contributed by atoms with E-state index in [9.17, 15) is 9.59 Å².